The van der Waals surface area contributed by atoms with Crippen LogP contribution in [0.5, 0.6) is 0 Å². The highest BCUT2D eigenvalue weighted by Crippen LogP contribution is 1.96. The van der Waals surface area contributed by atoms with Crippen molar-refractivity contribution >= 4 is 12.0 Å². The van der Waals surface area contributed by atoms with E-state index in [4.69, 9.17) is 11.5 Å². The van der Waals surface area contributed by atoms with Crippen LogP contribution in [-0.4, -0.2) is 41.1 Å². The monoisotopic (exact) mass is 226 g/mol. The van der Waals surface area contributed by atoms with Gasteiger partial charge in [-0.3, -0.25) is 0 Å². The first kappa shape index (κ1) is 14.3. The zero-order chi connectivity index (χ0) is 12.6. The van der Waals surface area contributed by atoms with Gasteiger partial charge in [-0.05, 0) is 12.8 Å². The molecule has 2 N–H and O–H groups in total. The SMILES string of the molecule is C#CCN(CCC)C(=O)N[C@H](CC)C(=O)O. The van der Waals surface area contributed by atoms with E-state index < -0.39 is 18.0 Å². The van der Waals surface area contributed by atoms with Crippen molar-refractivity contribution in [3.05, 3.63) is 0 Å². The van der Waals surface area contributed by atoms with Gasteiger partial charge in [-0.15, -0.1) is 6.42 Å². The molecule has 0 bridgehead atoms. The Balaban J connectivity index is 4.39. The molecule has 0 aliphatic heterocycles. The second kappa shape index (κ2) is 7.57. The number of rotatable bonds is 6. The van der Waals surface area contributed by atoms with Crippen molar-refractivity contribution < 1.29 is 14.7 Å². The normalized spacial score (nSPS) is 11.3. The van der Waals surface area contributed by atoms with Gasteiger partial charge in [0.15, 0.2) is 0 Å². The minimum Gasteiger partial charge on any atom is -0.480 e. The number of terminal acetylenes is 1. The van der Waals surface area contributed by atoms with E-state index >= 15 is 0 Å². The van der Waals surface area contributed by atoms with E-state index in [2.05, 4.69) is 11.2 Å². The van der Waals surface area contributed by atoms with Gasteiger partial charge in [-0.2, -0.15) is 0 Å². The summed E-state index contributed by atoms with van der Waals surface area (Å²) in [5.74, 6) is 1.34. The smallest absolute Gasteiger partial charge is 0.326 e. The lowest BCUT2D eigenvalue weighted by atomic mass is 10.2. The second-order valence-electron chi connectivity index (χ2n) is 3.37. The third-order valence-corrected chi connectivity index (χ3v) is 2.07. The summed E-state index contributed by atoms with van der Waals surface area (Å²) >= 11 is 0. The molecule has 0 aliphatic rings. The Morgan fingerprint density at radius 2 is 2.12 bits per heavy atom. The summed E-state index contributed by atoms with van der Waals surface area (Å²) in [5.41, 5.74) is 0. The Morgan fingerprint density at radius 1 is 1.50 bits per heavy atom. The van der Waals surface area contributed by atoms with Gasteiger partial charge in [0, 0.05) is 6.54 Å². The molecule has 0 radical (unpaired) electrons. The quantitative estimate of drug-likeness (QED) is 0.661. The Morgan fingerprint density at radius 3 is 2.50 bits per heavy atom. The van der Waals surface area contributed by atoms with E-state index in [1.165, 1.54) is 4.90 Å². The average molecular weight is 226 g/mol. The van der Waals surface area contributed by atoms with Crippen LogP contribution in [-0.2, 0) is 4.79 Å². The summed E-state index contributed by atoms with van der Waals surface area (Å²) in [7, 11) is 0. The largest absolute Gasteiger partial charge is 0.480 e. The highest BCUT2D eigenvalue weighted by Gasteiger charge is 2.20. The molecular formula is C11H18N2O3. The van der Waals surface area contributed by atoms with Crippen LogP contribution >= 0.6 is 0 Å². The lowest BCUT2D eigenvalue weighted by Crippen LogP contribution is -2.48. The molecule has 0 aromatic carbocycles. The standard InChI is InChI=1S/C11H18N2O3/c1-4-7-13(8-5-2)11(16)12-9(6-3)10(14)15/h1,9H,5-8H2,2-3H3,(H,12,16)(H,14,15)/t9-/m1/s1. The third kappa shape index (κ3) is 4.69. The number of nitrogens with one attached hydrogen (secondary N) is 1. The number of hydrogen-bond acceptors (Lipinski definition) is 2. The molecule has 0 aromatic heterocycles. The fourth-order valence-electron chi connectivity index (χ4n) is 1.21. The van der Waals surface area contributed by atoms with E-state index in [0.29, 0.717) is 13.0 Å². The molecule has 0 saturated heterocycles. The number of aliphatic carboxylic acids is 1. The van der Waals surface area contributed by atoms with Crippen molar-refractivity contribution in [3.8, 4) is 12.3 Å². The van der Waals surface area contributed by atoms with Crippen molar-refractivity contribution in [2.24, 2.45) is 0 Å². The molecule has 5 heteroatoms. The number of carbonyl (C=O) groups is 2. The first-order valence-electron chi connectivity index (χ1n) is 5.28. The number of carbonyl (C=O) groups excluding carboxylic acids is 1. The van der Waals surface area contributed by atoms with Crippen LogP contribution in [0.3, 0.4) is 0 Å². The summed E-state index contributed by atoms with van der Waals surface area (Å²) < 4.78 is 0. The lowest BCUT2D eigenvalue weighted by molar-refractivity contribution is -0.139. The molecule has 0 aliphatic carbocycles. The van der Waals surface area contributed by atoms with Gasteiger partial charge >= 0.3 is 12.0 Å². The molecule has 16 heavy (non-hydrogen) atoms. The van der Waals surface area contributed by atoms with Gasteiger partial charge in [-0.1, -0.05) is 19.8 Å². The van der Waals surface area contributed by atoms with Crippen molar-refractivity contribution in [1.29, 1.82) is 0 Å². The van der Waals surface area contributed by atoms with Gasteiger partial charge in [0.2, 0.25) is 0 Å². The number of carboxylic acid groups (broad SMARTS) is 1. The highest BCUT2D eigenvalue weighted by molar-refractivity contribution is 5.82. The van der Waals surface area contributed by atoms with E-state index in [-0.39, 0.29) is 6.54 Å². The van der Waals surface area contributed by atoms with E-state index in [9.17, 15) is 9.59 Å². The molecule has 0 heterocycles. The molecule has 0 aromatic rings. The maximum absolute atomic E-state index is 11.7. The number of amides is 2. The van der Waals surface area contributed by atoms with E-state index in [0.717, 1.165) is 6.42 Å². The Labute approximate surface area is 95.8 Å². The molecule has 1 atom stereocenters. The van der Waals surface area contributed by atoms with Crippen LogP contribution in [0.2, 0.25) is 0 Å². The molecular weight excluding hydrogens is 208 g/mol. The molecule has 2 amide bonds. The van der Waals surface area contributed by atoms with Crippen LogP contribution in [0.15, 0.2) is 0 Å². The zero-order valence-electron chi connectivity index (χ0n) is 9.69. The summed E-state index contributed by atoms with van der Waals surface area (Å²) in [4.78, 5) is 23.8. The minimum atomic E-state index is -1.03. The first-order chi connectivity index (χ1) is 7.56. The van der Waals surface area contributed by atoms with Crippen LogP contribution in [0.1, 0.15) is 26.7 Å². The van der Waals surface area contributed by atoms with Gasteiger partial charge in [0.25, 0.3) is 0 Å². The van der Waals surface area contributed by atoms with Crippen LogP contribution in [0.4, 0.5) is 4.79 Å². The van der Waals surface area contributed by atoms with Crippen molar-refractivity contribution in [3.63, 3.8) is 0 Å². The predicted molar refractivity (Wildman–Crippen MR) is 60.9 cm³/mol. The van der Waals surface area contributed by atoms with Crippen LogP contribution in [0.25, 0.3) is 0 Å². The number of urea groups is 1. The van der Waals surface area contributed by atoms with E-state index in [1.54, 1.807) is 6.92 Å². The Hall–Kier alpha value is -1.70. The minimum absolute atomic E-state index is 0.190. The van der Waals surface area contributed by atoms with Gasteiger partial charge in [-0.25, -0.2) is 9.59 Å². The first-order valence-corrected chi connectivity index (χ1v) is 5.28. The number of carboxylic acids is 1. The molecule has 0 saturated carbocycles. The Kier molecular flexibility index (Phi) is 6.77. The predicted octanol–water partition coefficient (Wildman–Crippen LogP) is 0.904. The number of nitrogens with zero attached hydrogens (tertiary/aromatic N) is 1. The van der Waals surface area contributed by atoms with Crippen molar-refractivity contribution in [2.45, 2.75) is 32.7 Å². The van der Waals surface area contributed by atoms with Crippen LogP contribution < -0.4 is 5.32 Å². The summed E-state index contributed by atoms with van der Waals surface area (Å²) in [6, 6.07) is -1.28. The highest BCUT2D eigenvalue weighted by atomic mass is 16.4. The molecule has 0 unspecified atom stereocenters. The van der Waals surface area contributed by atoms with Crippen molar-refractivity contribution in [2.75, 3.05) is 13.1 Å². The third-order valence-electron chi connectivity index (χ3n) is 2.07. The molecule has 90 valence electrons. The average Bonchev–Trinajstić information content (AvgIpc) is 2.24. The molecule has 0 rings (SSSR count). The summed E-state index contributed by atoms with van der Waals surface area (Å²) in [6.07, 6.45) is 6.25. The summed E-state index contributed by atoms with van der Waals surface area (Å²) in [6.45, 7) is 4.33. The maximum atomic E-state index is 11.7. The van der Waals surface area contributed by atoms with Gasteiger partial charge in [0.05, 0.1) is 6.54 Å². The van der Waals surface area contributed by atoms with Crippen LogP contribution in [0, 0.1) is 12.3 Å². The molecule has 0 spiro atoms. The zero-order valence-corrected chi connectivity index (χ0v) is 9.69. The molecule has 0 fully saturated rings. The maximum Gasteiger partial charge on any atom is 0.326 e. The fourth-order valence-corrected chi connectivity index (χ4v) is 1.21. The van der Waals surface area contributed by atoms with Crippen molar-refractivity contribution in [1.82, 2.24) is 10.2 Å². The van der Waals surface area contributed by atoms with Gasteiger partial charge in [0.1, 0.15) is 6.04 Å². The fraction of sp³-hybridized carbons (Fsp3) is 0.636. The summed E-state index contributed by atoms with van der Waals surface area (Å²) in [5, 5.41) is 11.2. The Bertz CT molecular complexity index is 283. The van der Waals surface area contributed by atoms with E-state index in [1.807, 2.05) is 6.92 Å². The topological polar surface area (TPSA) is 69.6 Å². The second-order valence-corrected chi connectivity index (χ2v) is 3.37. The number of hydrogen-bond donors (Lipinski definition) is 2. The lowest BCUT2D eigenvalue weighted by Gasteiger charge is -2.22. The van der Waals surface area contributed by atoms with Gasteiger partial charge < -0.3 is 15.3 Å². The molecule has 5 nitrogen and oxygen atoms in total.